The van der Waals surface area contributed by atoms with Gasteiger partial charge in [-0.25, -0.2) is 4.98 Å². The van der Waals surface area contributed by atoms with Gasteiger partial charge in [0.25, 0.3) is 0 Å². The number of aryl methyl sites for hydroxylation is 1. The van der Waals surface area contributed by atoms with Crippen LogP contribution in [0.25, 0.3) is 0 Å². The molecule has 112 valence electrons. The van der Waals surface area contributed by atoms with E-state index in [1.165, 1.54) is 23.6 Å². The highest BCUT2D eigenvalue weighted by Crippen LogP contribution is 2.17. The molecule has 3 heterocycles. The molecule has 2 aliphatic rings. The minimum absolute atomic E-state index is 0.883. The molecule has 0 bridgehead atoms. The highest BCUT2D eigenvalue weighted by Gasteiger charge is 2.20. The van der Waals surface area contributed by atoms with Crippen molar-refractivity contribution in [1.82, 2.24) is 19.8 Å². The molecule has 5 nitrogen and oxygen atoms in total. The Morgan fingerprint density at radius 3 is 2.90 bits per heavy atom. The molecule has 0 spiro atoms. The Morgan fingerprint density at radius 2 is 2.10 bits per heavy atom. The normalized spacial score (nSPS) is 20.1. The van der Waals surface area contributed by atoms with Crippen LogP contribution in [-0.4, -0.2) is 53.8 Å². The van der Waals surface area contributed by atoms with Crippen LogP contribution in [-0.2, 0) is 30.7 Å². The minimum Gasteiger partial charge on any atom is -0.379 e. The summed E-state index contributed by atoms with van der Waals surface area (Å²) in [6, 6.07) is 0. The lowest BCUT2D eigenvalue weighted by Crippen LogP contribution is -2.38. The summed E-state index contributed by atoms with van der Waals surface area (Å²) in [5.74, 6) is 1.29. The zero-order chi connectivity index (χ0) is 13.8. The summed E-state index contributed by atoms with van der Waals surface area (Å²) < 4.78 is 7.92. The van der Waals surface area contributed by atoms with E-state index in [0.717, 1.165) is 65.3 Å². The van der Waals surface area contributed by atoms with Crippen molar-refractivity contribution in [1.29, 1.82) is 0 Å². The molecule has 1 saturated heterocycles. The van der Waals surface area contributed by atoms with Crippen LogP contribution in [0.2, 0.25) is 0 Å². The lowest BCUT2D eigenvalue weighted by atomic mass is 10.2. The quantitative estimate of drug-likeness (QED) is 0.866. The molecule has 1 fully saturated rings. The molecule has 3 rings (SSSR count). The molecular weight excluding hydrogens is 252 g/mol. The summed E-state index contributed by atoms with van der Waals surface area (Å²) in [5, 5.41) is 3.43. The van der Waals surface area contributed by atoms with E-state index in [2.05, 4.69) is 21.7 Å². The van der Waals surface area contributed by atoms with Crippen LogP contribution in [0.5, 0.6) is 0 Å². The summed E-state index contributed by atoms with van der Waals surface area (Å²) in [6.45, 7) is 10.4. The van der Waals surface area contributed by atoms with Gasteiger partial charge in [0.05, 0.1) is 18.9 Å². The zero-order valence-corrected chi connectivity index (χ0v) is 12.5. The lowest BCUT2D eigenvalue weighted by molar-refractivity contribution is 0.0362. The molecule has 1 aromatic rings. The number of hydrogen-bond acceptors (Lipinski definition) is 4. The Morgan fingerprint density at radius 1 is 1.25 bits per heavy atom. The molecule has 0 atom stereocenters. The molecule has 0 radical (unpaired) electrons. The maximum atomic E-state index is 5.42. The Labute approximate surface area is 121 Å². The van der Waals surface area contributed by atoms with Crippen LogP contribution in [0.4, 0.5) is 0 Å². The number of ether oxygens (including phenoxy) is 1. The lowest BCUT2D eigenvalue weighted by Gasteiger charge is -2.27. The average molecular weight is 278 g/mol. The molecule has 0 unspecified atom stereocenters. The summed E-state index contributed by atoms with van der Waals surface area (Å²) in [7, 11) is 0. The maximum Gasteiger partial charge on any atom is 0.109 e. The van der Waals surface area contributed by atoms with E-state index >= 15 is 0 Å². The van der Waals surface area contributed by atoms with Gasteiger partial charge in [-0.3, -0.25) is 4.90 Å². The fourth-order valence-electron chi connectivity index (χ4n) is 3.17. The van der Waals surface area contributed by atoms with E-state index < -0.39 is 0 Å². The molecule has 0 amide bonds. The predicted octanol–water partition coefficient (Wildman–Crippen LogP) is 0.813. The third-order valence-electron chi connectivity index (χ3n) is 4.28. The number of aromatic nitrogens is 2. The maximum absolute atomic E-state index is 5.42. The second kappa shape index (κ2) is 6.70. The molecule has 5 heteroatoms. The van der Waals surface area contributed by atoms with Crippen LogP contribution >= 0.6 is 0 Å². The van der Waals surface area contributed by atoms with Crippen molar-refractivity contribution < 1.29 is 4.74 Å². The molecular formula is C15H26N4O. The fourth-order valence-corrected chi connectivity index (χ4v) is 3.17. The van der Waals surface area contributed by atoms with Crippen LogP contribution in [0, 0.1) is 0 Å². The van der Waals surface area contributed by atoms with Gasteiger partial charge in [-0.2, -0.15) is 0 Å². The van der Waals surface area contributed by atoms with Crippen molar-refractivity contribution in [2.24, 2.45) is 0 Å². The van der Waals surface area contributed by atoms with Crippen molar-refractivity contribution in [2.45, 2.75) is 39.3 Å². The topological polar surface area (TPSA) is 42.3 Å². The van der Waals surface area contributed by atoms with Crippen LogP contribution in [0.3, 0.4) is 0 Å². The second-order valence-corrected chi connectivity index (χ2v) is 5.70. The number of nitrogens with one attached hydrogen (secondary N) is 1. The molecule has 1 aromatic heterocycles. The first kappa shape index (κ1) is 14.0. The van der Waals surface area contributed by atoms with Gasteiger partial charge in [0, 0.05) is 57.8 Å². The van der Waals surface area contributed by atoms with E-state index in [0.29, 0.717) is 0 Å². The van der Waals surface area contributed by atoms with Crippen LogP contribution < -0.4 is 5.32 Å². The van der Waals surface area contributed by atoms with E-state index in [4.69, 9.17) is 9.72 Å². The van der Waals surface area contributed by atoms with Gasteiger partial charge in [-0.1, -0.05) is 6.92 Å². The average Bonchev–Trinajstić information content (AvgIpc) is 2.84. The Kier molecular flexibility index (Phi) is 4.70. The number of fused-ring (bicyclic) bond motifs is 1. The highest BCUT2D eigenvalue weighted by molar-refractivity contribution is 5.20. The zero-order valence-electron chi connectivity index (χ0n) is 12.5. The molecule has 20 heavy (non-hydrogen) atoms. The number of hydrogen-bond donors (Lipinski definition) is 1. The van der Waals surface area contributed by atoms with E-state index in [-0.39, 0.29) is 0 Å². The predicted molar refractivity (Wildman–Crippen MR) is 78.9 cm³/mol. The van der Waals surface area contributed by atoms with Gasteiger partial charge >= 0.3 is 0 Å². The van der Waals surface area contributed by atoms with Crippen molar-refractivity contribution >= 4 is 0 Å². The van der Waals surface area contributed by atoms with Crippen molar-refractivity contribution in [3.63, 3.8) is 0 Å². The molecule has 0 aromatic carbocycles. The molecule has 1 N–H and O–H groups in total. The third-order valence-corrected chi connectivity index (χ3v) is 4.28. The van der Waals surface area contributed by atoms with Gasteiger partial charge in [-0.05, 0) is 6.42 Å². The summed E-state index contributed by atoms with van der Waals surface area (Å²) in [6.07, 6.45) is 3.38. The van der Waals surface area contributed by atoms with Gasteiger partial charge in [-0.15, -0.1) is 0 Å². The number of imidazole rings is 1. The Bertz CT molecular complexity index is 437. The van der Waals surface area contributed by atoms with Crippen LogP contribution in [0.1, 0.15) is 30.6 Å². The standard InChI is InChI=1S/C15H26N4O/c1-2-3-15-17-13-12-16-5-4-14(13)19(15)7-6-18-8-10-20-11-9-18/h16H,2-12H2,1H3. The van der Waals surface area contributed by atoms with Crippen molar-refractivity contribution in [3.05, 3.63) is 17.2 Å². The van der Waals surface area contributed by atoms with Crippen LogP contribution in [0.15, 0.2) is 0 Å². The summed E-state index contributed by atoms with van der Waals surface area (Å²) in [5.41, 5.74) is 2.75. The molecule has 2 aliphatic heterocycles. The minimum atomic E-state index is 0.883. The third kappa shape index (κ3) is 3.05. The monoisotopic (exact) mass is 278 g/mol. The summed E-state index contributed by atoms with van der Waals surface area (Å²) >= 11 is 0. The van der Waals surface area contributed by atoms with Gasteiger partial charge < -0.3 is 14.6 Å². The molecule has 0 saturated carbocycles. The highest BCUT2D eigenvalue weighted by atomic mass is 16.5. The van der Waals surface area contributed by atoms with E-state index in [1.807, 2.05) is 0 Å². The fraction of sp³-hybridized carbons (Fsp3) is 0.800. The van der Waals surface area contributed by atoms with Gasteiger partial charge in [0.2, 0.25) is 0 Å². The van der Waals surface area contributed by atoms with Gasteiger partial charge in [0.1, 0.15) is 5.82 Å². The first-order valence-electron chi connectivity index (χ1n) is 7.96. The van der Waals surface area contributed by atoms with Gasteiger partial charge in [0.15, 0.2) is 0 Å². The number of morpholine rings is 1. The van der Waals surface area contributed by atoms with E-state index in [1.54, 1.807) is 0 Å². The first-order chi connectivity index (χ1) is 9.88. The first-order valence-corrected chi connectivity index (χ1v) is 7.96. The Balaban J connectivity index is 1.71. The van der Waals surface area contributed by atoms with Crippen molar-refractivity contribution in [3.8, 4) is 0 Å². The molecule has 0 aliphatic carbocycles. The largest absolute Gasteiger partial charge is 0.379 e. The number of nitrogens with zero attached hydrogens (tertiary/aromatic N) is 3. The smallest absolute Gasteiger partial charge is 0.109 e. The number of rotatable bonds is 5. The van der Waals surface area contributed by atoms with E-state index in [9.17, 15) is 0 Å². The SMILES string of the molecule is CCCc1nc2c(n1CCN1CCOCC1)CCNC2. The summed E-state index contributed by atoms with van der Waals surface area (Å²) in [4.78, 5) is 7.37. The van der Waals surface area contributed by atoms with Crippen molar-refractivity contribution in [2.75, 3.05) is 39.4 Å². The second-order valence-electron chi connectivity index (χ2n) is 5.70. The Hall–Kier alpha value is -0.910.